The number of ether oxygens (including phenoxy) is 1. The Morgan fingerprint density at radius 3 is 2.70 bits per heavy atom. The Hall–Kier alpha value is -0.890. The van der Waals surface area contributed by atoms with Gasteiger partial charge in [-0.05, 0) is 43.5 Å². The van der Waals surface area contributed by atoms with Crippen LogP contribution in [0.4, 0.5) is 0 Å². The maximum absolute atomic E-state index is 11.9. The van der Waals surface area contributed by atoms with E-state index in [1.807, 2.05) is 12.1 Å². The summed E-state index contributed by atoms with van der Waals surface area (Å²) in [6.45, 7) is 4.62. The van der Waals surface area contributed by atoms with Gasteiger partial charge in [-0.3, -0.25) is 4.90 Å². The minimum absolute atomic E-state index is 0.0543. The van der Waals surface area contributed by atoms with Crippen LogP contribution in [-0.4, -0.2) is 63.8 Å². The number of hydrogen-bond donors (Lipinski definition) is 0. The number of hydrogen-bond acceptors (Lipinski definition) is 5. The van der Waals surface area contributed by atoms with Gasteiger partial charge in [-0.1, -0.05) is 0 Å². The largest absolute Gasteiger partial charge is 0.468 e. The molecule has 3 heterocycles. The van der Waals surface area contributed by atoms with E-state index in [4.69, 9.17) is 9.15 Å². The summed E-state index contributed by atoms with van der Waals surface area (Å²) in [7, 11) is -1.44. The van der Waals surface area contributed by atoms with E-state index in [1.54, 1.807) is 17.7 Å². The van der Waals surface area contributed by atoms with Gasteiger partial charge in [0.15, 0.2) is 0 Å². The average Bonchev–Trinajstić information content (AvgIpc) is 3.11. The van der Waals surface area contributed by atoms with Crippen molar-refractivity contribution in [3.63, 3.8) is 0 Å². The van der Waals surface area contributed by atoms with Crippen molar-refractivity contribution in [1.29, 1.82) is 0 Å². The average molecular weight is 342 g/mol. The fraction of sp³-hybridized carbons (Fsp3) is 0.750. The Morgan fingerprint density at radius 2 is 2.13 bits per heavy atom. The molecule has 7 heteroatoms. The molecule has 0 N–H and O–H groups in total. The quantitative estimate of drug-likeness (QED) is 0.809. The molecule has 1 atom stereocenters. The molecule has 2 aliphatic rings. The molecule has 0 bridgehead atoms. The predicted octanol–water partition coefficient (Wildman–Crippen LogP) is 1.40. The van der Waals surface area contributed by atoms with Gasteiger partial charge in [0.2, 0.25) is 10.0 Å². The van der Waals surface area contributed by atoms with Crippen LogP contribution in [0.3, 0.4) is 0 Å². The minimum atomic E-state index is -3.13. The van der Waals surface area contributed by atoms with Gasteiger partial charge < -0.3 is 9.15 Å². The first-order valence-corrected chi connectivity index (χ1v) is 9.97. The molecule has 130 valence electrons. The van der Waals surface area contributed by atoms with Crippen LogP contribution < -0.4 is 0 Å². The second-order valence-corrected chi connectivity index (χ2v) is 8.91. The van der Waals surface area contributed by atoms with Gasteiger partial charge in [0.05, 0.1) is 25.7 Å². The highest BCUT2D eigenvalue weighted by Gasteiger charge is 2.50. The summed E-state index contributed by atoms with van der Waals surface area (Å²) >= 11 is 0. The summed E-state index contributed by atoms with van der Waals surface area (Å²) in [6.07, 6.45) is 5.03. The van der Waals surface area contributed by atoms with E-state index in [0.717, 1.165) is 38.2 Å². The SMILES string of the molecule is COCC1CN(S(C)(=O)=O)CC12CCN(Cc1ccco1)CC2. The molecule has 0 radical (unpaired) electrons. The molecule has 0 aliphatic carbocycles. The molecule has 1 unspecified atom stereocenters. The van der Waals surface area contributed by atoms with E-state index in [1.165, 1.54) is 6.26 Å². The summed E-state index contributed by atoms with van der Waals surface area (Å²) in [6, 6.07) is 3.91. The molecule has 1 aromatic rings. The molecule has 0 aromatic carbocycles. The van der Waals surface area contributed by atoms with Crippen LogP contribution in [0.15, 0.2) is 22.8 Å². The zero-order valence-electron chi connectivity index (χ0n) is 13.9. The summed E-state index contributed by atoms with van der Waals surface area (Å²) in [4.78, 5) is 2.39. The Kier molecular flexibility index (Phi) is 4.83. The van der Waals surface area contributed by atoms with Crippen LogP contribution >= 0.6 is 0 Å². The fourth-order valence-electron chi connectivity index (χ4n) is 4.01. The standard InChI is InChI=1S/C16H26N2O4S/c1-21-12-14-10-18(23(2,19)20)13-16(14)5-7-17(8-6-16)11-15-4-3-9-22-15/h3-4,9,14H,5-8,10-13H2,1-2H3. The lowest BCUT2D eigenvalue weighted by Gasteiger charge is -2.42. The minimum Gasteiger partial charge on any atom is -0.468 e. The predicted molar refractivity (Wildman–Crippen MR) is 87.4 cm³/mol. The van der Waals surface area contributed by atoms with Crippen LogP contribution in [0.1, 0.15) is 18.6 Å². The highest BCUT2D eigenvalue weighted by molar-refractivity contribution is 7.88. The Morgan fingerprint density at radius 1 is 1.39 bits per heavy atom. The van der Waals surface area contributed by atoms with Crippen molar-refractivity contribution in [2.24, 2.45) is 11.3 Å². The molecular weight excluding hydrogens is 316 g/mol. The van der Waals surface area contributed by atoms with E-state index in [-0.39, 0.29) is 11.3 Å². The van der Waals surface area contributed by atoms with E-state index >= 15 is 0 Å². The molecule has 0 amide bonds. The number of furan rings is 1. The lowest BCUT2D eigenvalue weighted by atomic mass is 9.71. The molecule has 1 spiro atoms. The van der Waals surface area contributed by atoms with E-state index in [9.17, 15) is 8.42 Å². The second kappa shape index (κ2) is 6.55. The van der Waals surface area contributed by atoms with Gasteiger partial charge in [0, 0.05) is 26.1 Å². The van der Waals surface area contributed by atoms with Crippen molar-refractivity contribution in [2.45, 2.75) is 19.4 Å². The fourth-order valence-corrected chi connectivity index (χ4v) is 4.96. The molecule has 2 aliphatic heterocycles. The van der Waals surface area contributed by atoms with Gasteiger partial charge in [0.1, 0.15) is 5.76 Å². The smallest absolute Gasteiger partial charge is 0.211 e. The molecule has 6 nitrogen and oxygen atoms in total. The Balaban J connectivity index is 1.66. The van der Waals surface area contributed by atoms with Crippen molar-refractivity contribution >= 4 is 10.0 Å². The van der Waals surface area contributed by atoms with Gasteiger partial charge >= 0.3 is 0 Å². The molecule has 2 fully saturated rings. The van der Waals surface area contributed by atoms with Crippen LogP contribution in [0.25, 0.3) is 0 Å². The van der Waals surface area contributed by atoms with Crippen molar-refractivity contribution in [1.82, 2.24) is 9.21 Å². The molecule has 1 aromatic heterocycles. The first kappa shape index (κ1) is 17.0. The third-order valence-corrected chi connectivity index (χ3v) is 6.65. The van der Waals surface area contributed by atoms with E-state index in [0.29, 0.717) is 19.7 Å². The monoisotopic (exact) mass is 342 g/mol. The Labute approximate surface area is 138 Å². The number of methoxy groups -OCH3 is 1. The number of piperidine rings is 1. The second-order valence-electron chi connectivity index (χ2n) is 6.93. The van der Waals surface area contributed by atoms with E-state index < -0.39 is 10.0 Å². The first-order chi connectivity index (χ1) is 10.9. The highest BCUT2D eigenvalue weighted by Crippen LogP contribution is 2.45. The Bertz CT molecular complexity index is 606. The van der Waals surface area contributed by atoms with Gasteiger partial charge in [0.25, 0.3) is 0 Å². The number of rotatable bonds is 5. The molecular formula is C16H26N2O4S. The molecule has 2 saturated heterocycles. The topological polar surface area (TPSA) is 63.0 Å². The van der Waals surface area contributed by atoms with Crippen molar-refractivity contribution in [2.75, 3.05) is 46.2 Å². The van der Waals surface area contributed by atoms with Gasteiger partial charge in [-0.15, -0.1) is 0 Å². The lowest BCUT2D eigenvalue weighted by molar-refractivity contribution is 0.0339. The van der Waals surface area contributed by atoms with Crippen molar-refractivity contribution < 1.29 is 17.6 Å². The summed E-state index contributed by atoms with van der Waals surface area (Å²) < 4.78 is 36.3. The first-order valence-electron chi connectivity index (χ1n) is 8.12. The van der Waals surface area contributed by atoms with Gasteiger partial charge in [-0.2, -0.15) is 0 Å². The molecule has 3 rings (SSSR count). The normalized spacial score (nSPS) is 26.1. The maximum Gasteiger partial charge on any atom is 0.211 e. The summed E-state index contributed by atoms with van der Waals surface area (Å²) in [5.41, 5.74) is 0.0543. The van der Waals surface area contributed by atoms with E-state index in [2.05, 4.69) is 4.90 Å². The number of nitrogens with zero attached hydrogens (tertiary/aromatic N) is 2. The number of likely N-dealkylation sites (tertiary alicyclic amines) is 1. The van der Waals surface area contributed by atoms with Crippen molar-refractivity contribution in [3.8, 4) is 0 Å². The third-order valence-electron chi connectivity index (χ3n) is 5.43. The number of sulfonamides is 1. The van der Waals surface area contributed by atoms with Crippen molar-refractivity contribution in [3.05, 3.63) is 24.2 Å². The zero-order valence-corrected chi connectivity index (χ0v) is 14.7. The van der Waals surface area contributed by atoms with Crippen LogP contribution in [-0.2, 0) is 21.3 Å². The summed E-state index contributed by atoms with van der Waals surface area (Å²) in [5.74, 6) is 1.27. The zero-order chi connectivity index (χ0) is 16.5. The third kappa shape index (κ3) is 3.63. The highest BCUT2D eigenvalue weighted by atomic mass is 32.2. The molecule has 23 heavy (non-hydrogen) atoms. The summed E-state index contributed by atoms with van der Waals surface area (Å²) in [5, 5.41) is 0. The van der Waals surface area contributed by atoms with Crippen LogP contribution in [0.2, 0.25) is 0 Å². The van der Waals surface area contributed by atoms with Crippen LogP contribution in [0, 0.1) is 11.3 Å². The lowest BCUT2D eigenvalue weighted by Crippen LogP contribution is -2.45. The van der Waals surface area contributed by atoms with Crippen LogP contribution in [0.5, 0.6) is 0 Å². The molecule has 0 saturated carbocycles. The van der Waals surface area contributed by atoms with Gasteiger partial charge in [-0.25, -0.2) is 12.7 Å². The maximum atomic E-state index is 11.9.